The van der Waals surface area contributed by atoms with Crippen LogP contribution >= 0.6 is 0 Å². The summed E-state index contributed by atoms with van der Waals surface area (Å²) in [4.78, 5) is 21.3. The van der Waals surface area contributed by atoms with Crippen molar-refractivity contribution >= 4 is 11.6 Å². The van der Waals surface area contributed by atoms with Crippen LogP contribution in [0.15, 0.2) is 30.3 Å². The smallest absolute Gasteiger partial charge is 0.404 e. The molecule has 0 atom stereocenters. The third kappa shape index (κ3) is 4.94. The quantitative estimate of drug-likeness (QED) is 0.677. The summed E-state index contributed by atoms with van der Waals surface area (Å²) in [6.45, 7) is 7.22. The Morgan fingerprint density at radius 3 is 2.37 bits per heavy atom. The summed E-state index contributed by atoms with van der Waals surface area (Å²) < 4.78 is 43.2. The van der Waals surface area contributed by atoms with Crippen LogP contribution in [0.5, 0.6) is 5.75 Å². The van der Waals surface area contributed by atoms with Gasteiger partial charge in [0.2, 0.25) is 5.91 Å². The Labute approximate surface area is 170 Å². The maximum atomic E-state index is 12.6. The zero-order valence-electron chi connectivity index (χ0n) is 16.8. The fourth-order valence-electron chi connectivity index (χ4n) is 3.07. The standard InChI is InChI=1S/C20H20F3N5O2/c1-11-9-12(2)25-19(24-11)28-14(4)15(13(3)27-28)10-18(29)26-16-7-5-6-8-17(16)30-20(21,22)23/h5-9H,10H2,1-4H3,(H,26,29). The van der Waals surface area contributed by atoms with Crippen LogP contribution in [0.25, 0.3) is 5.95 Å². The first kappa shape index (κ1) is 21.3. The molecule has 0 radical (unpaired) electrons. The molecule has 3 rings (SSSR count). The average molecular weight is 419 g/mol. The van der Waals surface area contributed by atoms with E-state index < -0.39 is 18.0 Å². The third-order valence-corrected chi connectivity index (χ3v) is 4.33. The van der Waals surface area contributed by atoms with Gasteiger partial charge in [-0.1, -0.05) is 12.1 Å². The number of amides is 1. The molecule has 1 amide bonds. The number of aryl methyl sites for hydroxylation is 3. The number of hydrogen-bond donors (Lipinski definition) is 1. The van der Waals surface area contributed by atoms with E-state index in [9.17, 15) is 18.0 Å². The van der Waals surface area contributed by atoms with Crippen molar-refractivity contribution in [3.05, 3.63) is 58.7 Å². The first-order chi connectivity index (χ1) is 14.0. The minimum Gasteiger partial charge on any atom is -0.404 e. The van der Waals surface area contributed by atoms with Gasteiger partial charge >= 0.3 is 6.36 Å². The number of hydrogen-bond acceptors (Lipinski definition) is 5. The van der Waals surface area contributed by atoms with E-state index in [1.165, 1.54) is 18.2 Å². The number of benzene rings is 1. The van der Waals surface area contributed by atoms with Crippen molar-refractivity contribution in [1.29, 1.82) is 0 Å². The Hall–Kier alpha value is -3.43. The van der Waals surface area contributed by atoms with E-state index in [-0.39, 0.29) is 12.1 Å². The maximum Gasteiger partial charge on any atom is 0.573 e. The molecule has 10 heteroatoms. The van der Waals surface area contributed by atoms with E-state index in [0.717, 1.165) is 17.5 Å². The van der Waals surface area contributed by atoms with Crippen molar-refractivity contribution in [1.82, 2.24) is 19.7 Å². The van der Waals surface area contributed by atoms with E-state index in [1.807, 2.05) is 19.9 Å². The summed E-state index contributed by atoms with van der Waals surface area (Å²) in [5.74, 6) is -0.588. The van der Waals surface area contributed by atoms with E-state index in [2.05, 4.69) is 25.1 Å². The summed E-state index contributed by atoms with van der Waals surface area (Å²) in [5, 5.41) is 6.90. The lowest BCUT2D eigenvalue weighted by Gasteiger charge is -2.14. The van der Waals surface area contributed by atoms with Gasteiger partial charge in [0.1, 0.15) is 0 Å². The highest BCUT2D eigenvalue weighted by Crippen LogP contribution is 2.30. The van der Waals surface area contributed by atoms with Gasteiger partial charge in [-0.3, -0.25) is 4.79 Å². The predicted octanol–water partition coefficient (Wildman–Crippen LogP) is 3.98. The molecule has 0 aliphatic carbocycles. The second kappa shape index (κ2) is 8.13. The van der Waals surface area contributed by atoms with Crippen LogP contribution in [-0.2, 0) is 11.2 Å². The van der Waals surface area contributed by atoms with Gasteiger partial charge in [-0.05, 0) is 45.9 Å². The lowest BCUT2D eigenvalue weighted by molar-refractivity contribution is -0.274. The Morgan fingerprint density at radius 2 is 1.73 bits per heavy atom. The minimum absolute atomic E-state index is 0.0693. The molecule has 2 heterocycles. The monoisotopic (exact) mass is 419 g/mol. The van der Waals surface area contributed by atoms with E-state index in [0.29, 0.717) is 22.9 Å². The fourth-order valence-corrected chi connectivity index (χ4v) is 3.07. The van der Waals surface area contributed by atoms with Gasteiger partial charge in [0.25, 0.3) is 5.95 Å². The van der Waals surface area contributed by atoms with Crippen LogP contribution in [0, 0.1) is 27.7 Å². The maximum absolute atomic E-state index is 12.6. The molecule has 158 valence electrons. The third-order valence-electron chi connectivity index (χ3n) is 4.33. The zero-order valence-corrected chi connectivity index (χ0v) is 16.8. The SMILES string of the molecule is Cc1cc(C)nc(-n2nc(C)c(CC(=O)Nc3ccccc3OC(F)(F)F)c2C)n1. The van der Waals surface area contributed by atoms with Crippen molar-refractivity contribution in [3.8, 4) is 11.7 Å². The summed E-state index contributed by atoms with van der Waals surface area (Å²) >= 11 is 0. The fraction of sp³-hybridized carbons (Fsp3) is 0.300. The summed E-state index contributed by atoms with van der Waals surface area (Å²) in [5.41, 5.74) is 3.42. The van der Waals surface area contributed by atoms with Gasteiger partial charge in [-0.25, -0.2) is 14.6 Å². The largest absolute Gasteiger partial charge is 0.573 e. The molecular formula is C20H20F3N5O2. The Kier molecular flexibility index (Phi) is 5.77. The van der Waals surface area contributed by atoms with Crippen LogP contribution in [0.4, 0.5) is 18.9 Å². The number of halogens is 3. The lowest BCUT2D eigenvalue weighted by atomic mass is 10.1. The molecule has 3 aromatic rings. The number of aromatic nitrogens is 4. The molecule has 30 heavy (non-hydrogen) atoms. The molecule has 0 saturated carbocycles. The highest BCUT2D eigenvalue weighted by atomic mass is 19.4. The summed E-state index contributed by atoms with van der Waals surface area (Å²) in [7, 11) is 0. The first-order valence-electron chi connectivity index (χ1n) is 9.06. The van der Waals surface area contributed by atoms with E-state index in [4.69, 9.17) is 0 Å². The molecule has 0 aliphatic heterocycles. The number of nitrogens with one attached hydrogen (secondary N) is 1. The normalized spacial score (nSPS) is 11.4. The lowest BCUT2D eigenvalue weighted by Crippen LogP contribution is -2.20. The molecular weight excluding hydrogens is 399 g/mol. The Balaban J connectivity index is 1.83. The van der Waals surface area contributed by atoms with E-state index in [1.54, 1.807) is 18.5 Å². The first-order valence-corrected chi connectivity index (χ1v) is 9.06. The number of carbonyl (C=O) groups excluding carboxylic acids is 1. The minimum atomic E-state index is -4.86. The number of alkyl halides is 3. The molecule has 0 spiro atoms. The molecule has 7 nitrogen and oxygen atoms in total. The molecule has 2 aromatic heterocycles. The topological polar surface area (TPSA) is 81.9 Å². The molecule has 1 N–H and O–H groups in total. The highest BCUT2D eigenvalue weighted by Gasteiger charge is 2.32. The number of para-hydroxylation sites is 2. The van der Waals surface area contributed by atoms with E-state index >= 15 is 0 Å². The van der Waals surface area contributed by atoms with Crippen molar-refractivity contribution in [2.24, 2.45) is 0 Å². The molecule has 0 aliphatic rings. The van der Waals surface area contributed by atoms with Gasteiger partial charge in [-0.15, -0.1) is 13.2 Å². The molecule has 0 fully saturated rings. The van der Waals surface area contributed by atoms with Crippen molar-refractivity contribution in [2.45, 2.75) is 40.5 Å². The predicted molar refractivity (Wildman–Crippen MR) is 104 cm³/mol. The van der Waals surface area contributed by atoms with Crippen LogP contribution in [0.1, 0.15) is 28.3 Å². The van der Waals surface area contributed by atoms with Crippen LogP contribution < -0.4 is 10.1 Å². The van der Waals surface area contributed by atoms with Gasteiger partial charge in [0, 0.05) is 22.6 Å². The Morgan fingerprint density at radius 1 is 1.10 bits per heavy atom. The van der Waals surface area contributed by atoms with Crippen molar-refractivity contribution in [2.75, 3.05) is 5.32 Å². The van der Waals surface area contributed by atoms with Crippen molar-refractivity contribution in [3.63, 3.8) is 0 Å². The van der Waals surface area contributed by atoms with Crippen molar-refractivity contribution < 1.29 is 22.7 Å². The van der Waals surface area contributed by atoms with Crippen LogP contribution in [0.3, 0.4) is 0 Å². The number of carbonyl (C=O) groups is 1. The molecule has 1 aromatic carbocycles. The van der Waals surface area contributed by atoms with Gasteiger partial charge in [0.15, 0.2) is 5.75 Å². The summed E-state index contributed by atoms with van der Waals surface area (Å²) in [6.07, 6.45) is -4.94. The number of anilines is 1. The second-order valence-corrected chi connectivity index (χ2v) is 6.78. The van der Waals surface area contributed by atoms with Crippen LogP contribution in [0.2, 0.25) is 0 Å². The zero-order chi connectivity index (χ0) is 22.1. The average Bonchev–Trinajstić information content (AvgIpc) is 2.89. The Bertz CT molecular complexity index is 1070. The molecule has 0 saturated heterocycles. The van der Waals surface area contributed by atoms with Gasteiger partial charge in [0.05, 0.1) is 17.8 Å². The number of rotatable bonds is 5. The highest BCUT2D eigenvalue weighted by molar-refractivity contribution is 5.93. The number of nitrogens with zero attached hydrogens (tertiary/aromatic N) is 4. The summed E-state index contributed by atoms with van der Waals surface area (Å²) in [6, 6.07) is 7.20. The molecule has 0 unspecified atom stereocenters. The second-order valence-electron chi connectivity index (χ2n) is 6.78. The van der Waals surface area contributed by atoms with Gasteiger partial charge < -0.3 is 10.1 Å². The van der Waals surface area contributed by atoms with Crippen LogP contribution in [-0.4, -0.2) is 32.0 Å². The number of ether oxygens (including phenoxy) is 1. The molecule has 0 bridgehead atoms. The van der Waals surface area contributed by atoms with Gasteiger partial charge in [-0.2, -0.15) is 5.10 Å².